The van der Waals surface area contributed by atoms with E-state index in [4.69, 9.17) is 11.6 Å². The second-order valence-corrected chi connectivity index (χ2v) is 10.7. The summed E-state index contributed by atoms with van der Waals surface area (Å²) in [6, 6.07) is 14.6. The molecule has 0 N–H and O–H groups in total. The highest BCUT2D eigenvalue weighted by atomic mass is 35.5. The Balaban J connectivity index is 1.38. The number of hydrogen-bond donors (Lipinski definition) is 0. The highest BCUT2D eigenvalue weighted by Crippen LogP contribution is 2.26. The van der Waals surface area contributed by atoms with E-state index in [9.17, 15) is 13.2 Å². The molecule has 2 aromatic carbocycles. The molecule has 0 aromatic heterocycles. The molecule has 0 bridgehead atoms. The number of carbonyl (C=O) groups excluding carboxylic acids is 1. The number of halogens is 1. The van der Waals surface area contributed by atoms with Gasteiger partial charge in [-0.3, -0.25) is 4.79 Å². The fourth-order valence-electron chi connectivity index (χ4n) is 4.34. The Labute approximate surface area is 189 Å². The van der Waals surface area contributed by atoms with Crippen LogP contribution >= 0.6 is 11.6 Å². The Morgan fingerprint density at radius 2 is 1.71 bits per heavy atom. The number of sulfonamides is 1. The fraction of sp³-hybridized carbons (Fsp3) is 0.435. The lowest BCUT2D eigenvalue weighted by molar-refractivity contribution is -0.137. The van der Waals surface area contributed by atoms with Crippen molar-refractivity contribution in [3.8, 4) is 0 Å². The number of piperazine rings is 1. The van der Waals surface area contributed by atoms with Crippen LogP contribution in [-0.2, 0) is 14.8 Å². The molecule has 0 radical (unpaired) electrons. The highest BCUT2D eigenvalue weighted by molar-refractivity contribution is 7.89. The Kier molecular flexibility index (Phi) is 6.55. The van der Waals surface area contributed by atoms with Crippen molar-refractivity contribution in [2.45, 2.75) is 24.7 Å². The van der Waals surface area contributed by atoms with Gasteiger partial charge in [0.25, 0.3) is 0 Å². The van der Waals surface area contributed by atoms with Crippen LogP contribution in [0.5, 0.6) is 0 Å². The Hall–Kier alpha value is -2.09. The monoisotopic (exact) mass is 461 g/mol. The number of aryl methyl sites for hydroxylation is 1. The van der Waals surface area contributed by atoms with Gasteiger partial charge in [-0.15, -0.1) is 0 Å². The number of anilines is 1. The van der Waals surface area contributed by atoms with Crippen molar-refractivity contribution >= 4 is 33.2 Å². The molecule has 0 saturated carbocycles. The van der Waals surface area contributed by atoms with Gasteiger partial charge in [0, 0.05) is 50.0 Å². The Morgan fingerprint density at radius 3 is 2.39 bits per heavy atom. The molecular formula is C23H28ClN3O3S. The van der Waals surface area contributed by atoms with Gasteiger partial charge in [0.2, 0.25) is 15.9 Å². The van der Waals surface area contributed by atoms with E-state index in [0.717, 1.165) is 30.8 Å². The van der Waals surface area contributed by atoms with Crippen molar-refractivity contribution in [2.24, 2.45) is 5.92 Å². The number of nitrogens with zero attached hydrogens (tertiary/aromatic N) is 3. The highest BCUT2D eigenvalue weighted by Gasteiger charge is 2.35. The normalized spacial score (nSPS) is 20.6. The molecule has 2 aliphatic heterocycles. The molecule has 2 heterocycles. The lowest BCUT2D eigenvalue weighted by atomic mass is 9.97. The van der Waals surface area contributed by atoms with E-state index in [0.29, 0.717) is 36.0 Å². The van der Waals surface area contributed by atoms with Crippen LogP contribution in [-0.4, -0.2) is 62.8 Å². The molecule has 0 aliphatic carbocycles. The number of piperidine rings is 1. The largest absolute Gasteiger partial charge is 0.368 e. The van der Waals surface area contributed by atoms with E-state index in [1.54, 1.807) is 24.3 Å². The maximum absolute atomic E-state index is 13.2. The minimum Gasteiger partial charge on any atom is -0.368 e. The van der Waals surface area contributed by atoms with E-state index in [1.807, 2.05) is 36.1 Å². The van der Waals surface area contributed by atoms with E-state index in [1.165, 1.54) is 4.31 Å². The summed E-state index contributed by atoms with van der Waals surface area (Å²) in [7, 11) is -3.58. The van der Waals surface area contributed by atoms with Crippen molar-refractivity contribution in [1.82, 2.24) is 9.21 Å². The molecule has 4 rings (SSSR count). The van der Waals surface area contributed by atoms with Gasteiger partial charge in [-0.2, -0.15) is 4.31 Å². The van der Waals surface area contributed by atoms with Crippen LogP contribution in [0, 0.1) is 12.8 Å². The molecule has 31 heavy (non-hydrogen) atoms. The van der Waals surface area contributed by atoms with Crippen molar-refractivity contribution in [3.05, 3.63) is 59.1 Å². The number of rotatable bonds is 4. The predicted molar refractivity (Wildman–Crippen MR) is 123 cm³/mol. The SMILES string of the molecule is Cc1ccc(S(=O)(=O)N2CCC[C@@H](C(=O)N3CCN(c4cccc(Cl)c4)CC3)C2)cc1. The summed E-state index contributed by atoms with van der Waals surface area (Å²) in [5.74, 6) is -0.221. The van der Waals surface area contributed by atoms with Crippen molar-refractivity contribution in [2.75, 3.05) is 44.2 Å². The Bertz CT molecular complexity index is 1030. The van der Waals surface area contributed by atoms with Gasteiger partial charge < -0.3 is 9.80 Å². The molecule has 2 aliphatic rings. The first-order valence-corrected chi connectivity index (χ1v) is 12.5. The zero-order valence-electron chi connectivity index (χ0n) is 17.7. The lowest BCUT2D eigenvalue weighted by Gasteiger charge is -2.39. The van der Waals surface area contributed by atoms with Gasteiger partial charge in [0.15, 0.2) is 0 Å². The molecule has 1 amide bonds. The standard InChI is InChI=1S/C23H28ClN3O3S/c1-18-7-9-22(10-8-18)31(29,30)27-11-3-4-19(17-27)23(28)26-14-12-25(13-15-26)21-6-2-5-20(24)16-21/h2,5-10,16,19H,3-4,11-15,17H2,1H3/t19-/m1/s1. The summed E-state index contributed by atoms with van der Waals surface area (Å²) in [6.07, 6.45) is 1.43. The van der Waals surface area contributed by atoms with E-state index in [2.05, 4.69) is 4.90 Å². The zero-order chi connectivity index (χ0) is 22.0. The van der Waals surface area contributed by atoms with Crippen molar-refractivity contribution in [1.29, 1.82) is 0 Å². The predicted octanol–water partition coefficient (Wildman–Crippen LogP) is 3.40. The lowest BCUT2D eigenvalue weighted by Crippen LogP contribution is -2.53. The molecule has 2 aromatic rings. The quantitative estimate of drug-likeness (QED) is 0.700. The van der Waals surface area contributed by atoms with Crippen LogP contribution < -0.4 is 4.90 Å². The molecule has 1 atom stereocenters. The van der Waals surface area contributed by atoms with Gasteiger partial charge in [0.05, 0.1) is 10.8 Å². The summed E-state index contributed by atoms with van der Waals surface area (Å²) >= 11 is 6.10. The van der Waals surface area contributed by atoms with Gasteiger partial charge in [0.1, 0.15) is 0 Å². The van der Waals surface area contributed by atoms with Gasteiger partial charge in [-0.25, -0.2) is 8.42 Å². The number of benzene rings is 2. The first-order valence-electron chi connectivity index (χ1n) is 10.7. The average Bonchev–Trinajstić information content (AvgIpc) is 2.79. The van der Waals surface area contributed by atoms with Gasteiger partial charge in [-0.1, -0.05) is 35.4 Å². The van der Waals surface area contributed by atoms with Crippen LogP contribution in [0.1, 0.15) is 18.4 Å². The smallest absolute Gasteiger partial charge is 0.243 e. The molecule has 2 fully saturated rings. The van der Waals surface area contributed by atoms with Crippen molar-refractivity contribution in [3.63, 3.8) is 0 Å². The second kappa shape index (κ2) is 9.18. The van der Waals surface area contributed by atoms with Gasteiger partial charge in [-0.05, 0) is 50.1 Å². The molecule has 0 spiro atoms. The summed E-state index contributed by atoms with van der Waals surface area (Å²) in [4.78, 5) is 17.6. The van der Waals surface area contributed by atoms with Crippen molar-refractivity contribution < 1.29 is 13.2 Å². The first-order chi connectivity index (χ1) is 14.8. The summed E-state index contributed by atoms with van der Waals surface area (Å²) in [5.41, 5.74) is 2.08. The van der Waals surface area contributed by atoms with Gasteiger partial charge >= 0.3 is 0 Å². The number of carbonyl (C=O) groups is 1. The fourth-order valence-corrected chi connectivity index (χ4v) is 6.05. The zero-order valence-corrected chi connectivity index (χ0v) is 19.3. The third-order valence-electron chi connectivity index (χ3n) is 6.16. The van der Waals surface area contributed by atoms with E-state index >= 15 is 0 Å². The van der Waals surface area contributed by atoms with Crippen LogP contribution in [0.15, 0.2) is 53.4 Å². The minimum atomic E-state index is -3.58. The van der Waals surface area contributed by atoms with Crippen LogP contribution in [0.3, 0.4) is 0 Å². The molecule has 2 saturated heterocycles. The average molecular weight is 462 g/mol. The summed E-state index contributed by atoms with van der Waals surface area (Å²) < 4.78 is 27.6. The minimum absolute atomic E-state index is 0.0644. The topological polar surface area (TPSA) is 60.9 Å². The maximum Gasteiger partial charge on any atom is 0.243 e. The van der Waals surface area contributed by atoms with Crippen LogP contribution in [0.2, 0.25) is 5.02 Å². The molecule has 166 valence electrons. The molecule has 0 unspecified atom stereocenters. The summed E-state index contributed by atoms with van der Waals surface area (Å²) in [5, 5.41) is 0.702. The van der Waals surface area contributed by atoms with E-state index in [-0.39, 0.29) is 18.4 Å². The van der Waals surface area contributed by atoms with E-state index < -0.39 is 10.0 Å². The molecule has 8 heteroatoms. The molecule has 6 nitrogen and oxygen atoms in total. The molecular weight excluding hydrogens is 434 g/mol. The summed E-state index contributed by atoms with van der Waals surface area (Å²) in [6.45, 7) is 5.39. The first kappa shape index (κ1) is 22.1. The van der Waals surface area contributed by atoms with Crippen LogP contribution in [0.4, 0.5) is 5.69 Å². The maximum atomic E-state index is 13.2. The number of hydrogen-bond acceptors (Lipinski definition) is 4. The number of amides is 1. The Morgan fingerprint density at radius 1 is 1.00 bits per heavy atom. The third kappa shape index (κ3) is 4.89. The third-order valence-corrected chi connectivity index (χ3v) is 8.27. The van der Waals surface area contributed by atoms with Crippen LogP contribution in [0.25, 0.3) is 0 Å². The second-order valence-electron chi connectivity index (χ2n) is 8.31.